The Bertz CT molecular complexity index is 1090. The minimum absolute atomic E-state index is 0.244. The standard InChI is InChI=1S/C30H38FN3O2/c1-21-9-7-11-25(15-21)19-34(20-26-12-8-10-22(2)16-26)14-6-5-13-28(30(35)33-36)32-27-17-23(3)29(31)24(4)18-27/h7-12,15-18,28,32,36H,5-6,13-14,19-20H2,1-4H3,(H,33,35)/t28-/m1/s1. The Hall–Kier alpha value is -3.22. The summed E-state index contributed by atoms with van der Waals surface area (Å²) in [5, 5.41) is 12.4. The van der Waals surface area contributed by atoms with Gasteiger partial charge in [-0.15, -0.1) is 0 Å². The Labute approximate surface area is 214 Å². The van der Waals surface area contributed by atoms with Crippen LogP contribution in [0.4, 0.5) is 10.1 Å². The maximum Gasteiger partial charge on any atom is 0.265 e. The van der Waals surface area contributed by atoms with E-state index in [4.69, 9.17) is 0 Å². The van der Waals surface area contributed by atoms with E-state index in [1.165, 1.54) is 22.3 Å². The zero-order valence-corrected chi connectivity index (χ0v) is 21.8. The summed E-state index contributed by atoms with van der Waals surface area (Å²) >= 11 is 0. The van der Waals surface area contributed by atoms with Crippen molar-refractivity contribution in [3.63, 3.8) is 0 Å². The summed E-state index contributed by atoms with van der Waals surface area (Å²) in [4.78, 5) is 14.8. The summed E-state index contributed by atoms with van der Waals surface area (Å²) in [6.45, 7) is 10.2. The van der Waals surface area contributed by atoms with Gasteiger partial charge in [0, 0.05) is 18.8 Å². The molecule has 0 aliphatic carbocycles. The molecule has 6 heteroatoms. The number of anilines is 1. The molecule has 3 N–H and O–H groups in total. The van der Waals surface area contributed by atoms with Gasteiger partial charge in [-0.25, -0.2) is 9.87 Å². The van der Waals surface area contributed by atoms with Gasteiger partial charge in [0.15, 0.2) is 0 Å². The zero-order chi connectivity index (χ0) is 26.1. The fraction of sp³-hybridized carbons (Fsp3) is 0.367. The minimum atomic E-state index is -0.610. The van der Waals surface area contributed by atoms with Crippen LogP contribution >= 0.6 is 0 Å². The van der Waals surface area contributed by atoms with Crippen molar-refractivity contribution in [1.29, 1.82) is 0 Å². The molecule has 1 amide bonds. The first kappa shape index (κ1) is 27.4. The number of hydrogen-bond donors (Lipinski definition) is 3. The topological polar surface area (TPSA) is 64.6 Å². The van der Waals surface area contributed by atoms with Crippen LogP contribution in [0.3, 0.4) is 0 Å². The van der Waals surface area contributed by atoms with Gasteiger partial charge in [0.25, 0.3) is 5.91 Å². The summed E-state index contributed by atoms with van der Waals surface area (Å²) < 4.78 is 14.0. The Morgan fingerprint density at radius 2 is 1.44 bits per heavy atom. The predicted octanol–water partition coefficient (Wildman–Crippen LogP) is 6.22. The molecule has 3 aromatic carbocycles. The zero-order valence-electron chi connectivity index (χ0n) is 21.8. The average molecular weight is 492 g/mol. The minimum Gasteiger partial charge on any atom is -0.374 e. The van der Waals surface area contributed by atoms with E-state index in [-0.39, 0.29) is 5.82 Å². The first-order chi connectivity index (χ1) is 17.2. The molecule has 0 radical (unpaired) electrons. The molecule has 36 heavy (non-hydrogen) atoms. The van der Waals surface area contributed by atoms with Crippen molar-refractivity contribution in [1.82, 2.24) is 10.4 Å². The highest BCUT2D eigenvalue weighted by molar-refractivity contribution is 5.83. The number of halogens is 1. The van der Waals surface area contributed by atoms with Gasteiger partial charge in [0.2, 0.25) is 0 Å². The molecule has 0 aromatic heterocycles. The highest BCUT2D eigenvalue weighted by Gasteiger charge is 2.19. The lowest BCUT2D eigenvalue weighted by atomic mass is 10.1. The van der Waals surface area contributed by atoms with E-state index >= 15 is 0 Å². The summed E-state index contributed by atoms with van der Waals surface area (Å²) in [5.41, 5.74) is 8.53. The van der Waals surface area contributed by atoms with E-state index in [1.54, 1.807) is 31.5 Å². The molecule has 3 rings (SSSR count). The third-order valence-electron chi connectivity index (χ3n) is 6.40. The van der Waals surface area contributed by atoms with Crippen LogP contribution < -0.4 is 10.8 Å². The molecule has 0 unspecified atom stereocenters. The Kier molecular flexibility index (Phi) is 10.0. The number of hydroxylamine groups is 1. The smallest absolute Gasteiger partial charge is 0.265 e. The molecule has 192 valence electrons. The monoisotopic (exact) mass is 491 g/mol. The quantitative estimate of drug-likeness (QED) is 0.160. The van der Waals surface area contributed by atoms with E-state index in [1.807, 2.05) is 0 Å². The maximum atomic E-state index is 14.0. The largest absolute Gasteiger partial charge is 0.374 e. The molecule has 0 aliphatic heterocycles. The molecule has 0 saturated carbocycles. The lowest BCUT2D eigenvalue weighted by Crippen LogP contribution is -2.38. The number of carbonyl (C=O) groups is 1. The van der Waals surface area contributed by atoms with Gasteiger partial charge in [-0.1, -0.05) is 59.7 Å². The third kappa shape index (κ3) is 8.18. The molecular formula is C30H38FN3O2. The summed E-state index contributed by atoms with van der Waals surface area (Å²) in [6.07, 6.45) is 2.24. The van der Waals surface area contributed by atoms with E-state index in [9.17, 15) is 14.4 Å². The van der Waals surface area contributed by atoms with Crippen LogP contribution in [-0.4, -0.2) is 28.6 Å². The van der Waals surface area contributed by atoms with Crippen molar-refractivity contribution < 1.29 is 14.4 Å². The van der Waals surface area contributed by atoms with Gasteiger partial charge in [-0.05, 0) is 87.9 Å². The molecule has 0 fully saturated rings. The summed E-state index contributed by atoms with van der Waals surface area (Å²) in [6, 6.07) is 19.9. The van der Waals surface area contributed by atoms with Gasteiger partial charge in [0.1, 0.15) is 11.9 Å². The van der Waals surface area contributed by atoms with Crippen molar-refractivity contribution in [3.8, 4) is 0 Å². The maximum absolute atomic E-state index is 14.0. The van der Waals surface area contributed by atoms with Gasteiger partial charge >= 0.3 is 0 Å². The number of benzene rings is 3. The molecule has 1 atom stereocenters. The Morgan fingerprint density at radius 3 is 1.94 bits per heavy atom. The highest BCUT2D eigenvalue weighted by Crippen LogP contribution is 2.21. The summed E-state index contributed by atoms with van der Waals surface area (Å²) in [5.74, 6) is -0.739. The van der Waals surface area contributed by atoms with Gasteiger partial charge < -0.3 is 5.32 Å². The van der Waals surface area contributed by atoms with E-state index in [0.29, 0.717) is 23.2 Å². The number of aryl methyl sites for hydroxylation is 4. The number of rotatable bonds is 12. The van der Waals surface area contributed by atoms with Gasteiger partial charge in [0.05, 0.1) is 0 Å². The van der Waals surface area contributed by atoms with Crippen molar-refractivity contribution in [2.24, 2.45) is 0 Å². The second-order valence-corrected chi connectivity index (χ2v) is 9.78. The van der Waals surface area contributed by atoms with Crippen LogP contribution in [0, 0.1) is 33.5 Å². The lowest BCUT2D eigenvalue weighted by molar-refractivity contribution is -0.130. The number of nitrogens with zero attached hydrogens (tertiary/aromatic N) is 1. The number of unbranched alkanes of at least 4 members (excludes halogenated alkanes) is 1. The van der Waals surface area contributed by atoms with Gasteiger partial charge in [-0.2, -0.15) is 0 Å². The molecule has 3 aromatic rings. The molecule has 0 bridgehead atoms. The Balaban J connectivity index is 1.63. The third-order valence-corrected chi connectivity index (χ3v) is 6.40. The second-order valence-electron chi connectivity index (χ2n) is 9.78. The normalized spacial score (nSPS) is 12.0. The van der Waals surface area contributed by atoms with Gasteiger partial charge in [-0.3, -0.25) is 14.9 Å². The SMILES string of the molecule is Cc1cccc(CN(CCCC[C@@H](Nc2cc(C)c(F)c(C)c2)C(=O)NO)Cc2cccc(C)c2)c1. The molecule has 0 saturated heterocycles. The second kappa shape index (κ2) is 13.2. The first-order valence-electron chi connectivity index (χ1n) is 12.6. The lowest BCUT2D eigenvalue weighted by Gasteiger charge is -2.24. The molecule has 0 spiro atoms. The highest BCUT2D eigenvalue weighted by atomic mass is 19.1. The van der Waals surface area contributed by atoms with Crippen molar-refractivity contribution in [2.45, 2.75) is 66.1 Å². The first-order valence-corrected chi connectivity index (χ1v) is 12.6. The van der Waals surface area contributed by atoms with Crippen LogP contribution in [-0.2, 0) is 17.9 Å². The fourth-order valence-electron chi connectivity index (χ4n) is 4.61. The van der Waals surface area contributed by atoms with E-state index < -0.39 is 11.9 Å². The van der Waals surface area contributed by atoms with Crippen molar-refractivity contribution >= 4 is 11.6 Å². The van der Waals surface area contributed by atoms with Crippen LogP contribution in [0.25, 0.3) is 0 Å². The predicted molar refractivity (Wildman–Crippen MR) is 144 cm³/mol. The van der Waals surface area contributed by atoms with Crippen molar-refractivity contribution in [2.75, 3.05) is 11.9 Å². The van der Waals surface area contributed by atoms with Crippen LogP contribution in [0.5, 0.6) is 0 Å². The van der Waals surface area contributed by atoms with E-state index in [2.05, 4.69) is 72.6 Å². The molecule has 5 nitrogen and oxygen atoms in total. The van der Waals surface area contributed by atoms with Crippen LogP contribution in [0.2, 0.25) is 0 Å². The fourth-order valence-corrected chi connectivity index (χ4v) is 4.61. The van der Waals surface area contributed by atoms with Crippen LogP contribution in [0.1, 0.15) is 52.6 Å². The number of nitrogens with one attached hydrogen (secondary N) is 2. The number of carbonyl (C=O) groups excluding carboxylic acids is 1. The Morgan fingerprint density at radius 1 is 0.889 bits per heavy atom. The molecule has 0 heterocycles. The number of amides is 1. The average Bonchev–Trinajstić information content (AvgIpc) is 2.83. The molecule has 0 aliphatic rings. The van der Waals surface area contributed by atoms with E-state index in [0.717, 1.165) is 32.5 Å². The summed E-state index contributed by atoms with van der Waals surface area (Å²) in [7, 11) is 0. The van der Waals surface area contributed by atoms with Crippen LogP contribution in [0.15, 0.2) is 60.7 Å². The van der Waals surface area contributed by atoms with Crippen molar-refractivity contribution in [3.05, 3.63) is 99.9 Å². The number of hydrogen-bond acceptors (Lipinski definition) is 4. The molecular weight excluding hydrogens is 453 g/mol.